The monoisotopic (exact) mass is 359 g/mol. The van der Waals surface area contributed by atoms with Crippen molar-refractivity contribution in [3.63, 3.8) is 0 Å². The molecule has 0 amide bonds. The van der Waals surface area contributed by atoms with E-state index in [-0.39, 0.29) is 11.3 Å². The quantitative estimate of drug-likeness (QED) is 0.556. The third-order valence-corrected chi connectivity index (χ3v) is 5.44. The van der Waals surface area contributed by atoms with Gasteiger partial charge in [-0.15, -0.1) is 11.3 Å². The fourth-order valence-corrected chi connectivity index (χ4v) is 4.52. The zero-order chi connectivity index (χ0) is 16.7. The average Bonchev–Trinajstić information content (AvgIpc) is 3.14. The number of nitrogens with one attached hydrogen (secondary N) is 1. The van der Waals surface area contributed by atoms with Gasteiger partial charge in [-0.3, -0.25) is 0 Å². The number of fused-ring (bicyclic) bond motifs is 3. The van der Waals surface area contributed by atoms with Gasteiger partial charge in [-0.25, -0.2) is 9.78 Å². The lowest BCUT2D eigenvalue weighted by Gasteiger charge is -2.09. The zero-order valence-electron chi connectivity index (χ0n) is 12.9. The summed E-state index contributed by atoms with van der Waals surface area (Å²) in [5, 5.41) is 4.54. The molecule has 0 unspecified atom stereocenters. The zero-order valence-corrected chi connectivity index (χ0v) is 14.5. The number of carbonyl (C=O) groups is 1. The number of halogens is 1. The summed E-state index contributed by atoms with van der Waals surface area (Å²) in [4.78, 5) is 22.7. The molecule has 0 radical (unpaired) electrons. The van der Waals surface area contributed by atoms with Gasteiger partial charge >= 0.3 is 5.97 Å². The summed E-state index contributed by atoms with van der Waals surface area (Å²) in [6.07, 6.45) is 3.29. The van der Waals surface area contributed by atoms with Gasteiger partial charge in [0, 0.05) is 10.6 Å². The van der Waals surface area contributed by atoms with Gasteiger partial charge in [0.1, 0.15) is 10.6 Å². The van der Waals surface area contributed by atoms with Crippen LogP contribution in [0.4, 0.5) is 11.5 Å². The number of carbonyl (C=O) groups excluding carboxylic acids is 1. The Morgan fingerprint density at radius 3 is 3.04 bits per heavy atom. The van der Waals surface area contributed by atoms with Crippen LogP contribution in [0.3, 0.4) is 0 Å². The Morgan fingerprint density at radius 2 is 2.21 bits per heavy atom. The van der Waals surface area contributed by atoms with Crippen molar-refractivity contribution in [1.82, 2.24) is 9.97 Å². The summed E-state index contributed by atoms with van der Waals surface area (Å²) >= 11 is 7.77. The molecule has 1 aliphatic rings. The highest BCUT2D eigenvalue weighted by Crippen LogP contribution is 2.40. The number of ether oxygens (including phenoxy) is 1. The topological polar surface area (TPSA) is 64.1 Å². The van der Waals surface area contributed by atoms with Crippen LogP contribution in [0, 0.1) is 0 Å². The minimum absolute atomic E-state index is 0.217. The van der Waals surface area contributed by atoms with Crippen LogP contribution in [0.25, 0.3) is 10.2 Å². The van der Waals surface area contributed by atoms with Crippen LogP contribution in [0.15, 0.2) is 24.3 Å². The molecule has 1 N–H and O–H groups in total. The molecule has 2 heterocycles. The lowest BCUT2D eigenvalue weighted by atomic mass is 10.1. The Labute approximate surface area is 147 Å². The number of aromatic nitrogens is 2. The van der Waals surface area contributed by atoms with Crippen molar-refractivity contribution in [3.8, 4) is 0 Å². The lowest BCUT2D eigenvalue weighted by Crippen LogP contribution is -2.02. The van der Waals surface area contributed by atoms with Crippen LogP contribution < -0.4 is 5.32 Å². The molecule has 0 atom stereocenters. The second-order valence-electron chi connectivity index (χ2n) is 5.58. The molecule has 1 aliphatic carbocycles. The molecule has 0 saturated carbocycles. The van der Waals surface area contributed by atoms with Gasteiger partial charge in [0.15, 0.2) is 0 Å². The molecule has 0 spiro atoms. The summed E-state index contributed by atoms with van der Waals surface area (Å²) < 4.78 is 4.77. The maximum Gasteiger partial charge on any atom is 0.337 e. The summed E-state index contributed by atoms with van der Waals surface area (Å²) in [6, 6.07) is 7.12. The number of hydrogen-bond donors (Lipinski definition) is 1. The van der Waals surface area contributed by atoms with E-state index in [0.29, 0.717) is 11.4 Å². The van der Waals surface area contributed by atoms with Gasteiger partial charge in [-0.05, 0) is 54.6 Å². The normalized spacial score (nSPS) is 13.1. The Morgan fingerprint density at radius 1 is 1.33 bits per heavy atom. The summed E-state index contributed by atoms with van der Waals surface area (Å²) in [6.45, 7) is 0. The Bertz CT molecular complexity index is 954. The van der Waals surface area contributed by atoms with E-state index in [1.54, 1.807) is 29.5 Å². The van der Waals surface area contributed by atoms with Crippen LogP contribution >= 0.6 is 22.9 Å². The van der Waals surface area contributed by atoms with Crippen molar-refractivity contribution in [2.24, 2.45) is 0 Å². The van der Waals surface area contributed by atoms with Crippen LogP contribution in [-0.2, 0) is 17.6 Å². The van der Waals surface area contributed by atoms with E-state index in [1.165, 1.54) is 17.6 Å². The van der Waals surface area contributed by atoms with Crippen molar-refractivity contribution in [2.45, 2.75) is 19.3 Å². The Kier molecular flexibility index (Phi) is 3.86. The molecule has 2 aromatic heterocycles. The summed E-state index contributed by atoms with van der Waals surface area (Å²) in [5.41, 5.74) is 2.56. The number of anilines is 2. The highest BCUT2D eigenvalue weighted by molar-refractivity contribution is 7.19. The van der Waals surface area contributed by atoms with Gasteiger partial charge in [0.05, 0.1) is 18.1 Å². The molecule has 24 heavy (non-hydrogen) atoms. The van der Waals surface area contributed by atoms with Gasteiger partial charge in [-0.2, -0.15) is 4.98 Å². The second-order valence-corrected chi connectivity index (χ2v) is 7.00. The first-order valence-electron chi connectivity index (χ1n) is 7.59. The average molecular weight is 360 g/mol. The minimum Gasteiger partial charge on any atom is -0.465 e. The number of benzene rings is 1. The van der Waals surface area contributed by atoms with Crippen molar-refractivity contribution in [3.05, 3.63) is 45.6 Å². The van der Waals surface area contributed by atoms with Gasteiger partial charge in [0.25, 0.3) is 0 Å². The first kappa shape index (κ1) is 15.4. The predicted octanol–water partition coefficient (Wildman–Crippen LogP) is 4.36. The third kappa shape index (κ3) is 2.61. The van der Waals surface area contributed by atoms with Crippen molar-refractivity contribution < 1.29 is 9.53 Å². The fourth-order valence-electron chi connectivity index (χ4n) is 3.04. The fraction of sp³-hybridized carbons (Fsp3) is 0.235. The van der Waals surface area contributed by atoms with Crippen molar-refractivity contribution in [2.75, 3.05) is 12.4 Å². The number of hydrogen-bond acceptors (Lipinski definition) is 6. The molecule has 0 aliphatic heterocycles. The maximum atomic E-state index is 11.7. The number of nitrogens with zero attached hydrogens (tertiary/aromatic N) is 2. The van der Waals surface area contributed by atoms with Crippen LogP contribution in [-0.4, -0.2) is 23.0 Å². The first-order valence-corrected chi connectivity index (χ1v) is 8.78. The second kappa shape index (κ2) is 6.03. The minimum atomic E-state index is -0.374. The summed E-state index contributed by atoms with van der Waals surface area (Å²) in [7, 11) is 1.37. The molecule has 1 aromatic carbocycles. The van der Waals surface area contributed by atoms with Crippen LogP contribution in [0.1, 0.15) is 27.2 Å². The first-order chi connectivity index (χ1) is 11.7. The highest BCUT2D eigenvalue weighted by atomic mass is 35.5. The number of aryl methyl sites for hydroxylation is 2. The molecule has 5 nitrogen and oxygen atoms in total. The Hall–Kier alpha value is -2.18. The van der Waals surface area contributed by atoms with E-state index in [1.807, 2.05) is 6.07 Å². The van der Waals surface area contributed by atoms with Crippen molar-refractivity contribution >= 4 is 50.6 Å². The van der Waals surface area contributed by atoms with Crippen molar-refractivity contribution in [1.29, 1.82) is 0 Å². The smallest absolute Gasteiger partial charge is 0.337 e. The highest BCUT2D eigenvalue weighted by Gasteiger charge is 2.22. The van der Waals surface area contributed by atoms with Gasteiger partial charge in [0.2, 0.25) is 5.28 Å². The van der Waals surface area contributed by atoms with Crippen LogP contribution in [0.5, 0.6) is 0 Å². The molecule has 122 valence electrons. The molecule has 4 rings (SSSR count). The maximum absolute atomic E-state index is 11.7. The van der Waals surface area contributed by atoms with Gasteiger partial charge < -0.3 is 10.1 Å². The Balaban J connectivity index is 1.79. The SMILES string of the molecule is COC(=O)c1cccc(Nc2nc(Cl)nc3sc4c(c23)CCC4)c1. The number of thiophene rings is 1. The molecular formula is C17H14ClN3O2S. The van der Waals surface area contributed by atoms with E-state index in [2.05, 4.69) is 15.3 Å². The molecule has 7 heteroatoms. The predicted molar refractivity (Wildman–Crippen MR) is 95.5 cm³/mol. The molecule has 0 bridgehead atoms. The molecule has 0 saturated heterocycles. The lowest BCUT2D eigenvalue weighted by molar-refractivity contribution is 0.0601. The number of esters is 1. The van der Waals surface area contributed by atoms with E-state index >= 15 is 0 Å². The molecule has 3 aromatic rings. The van der Waals surface area contributed by atoms with E-state index in [9.17, 15) is 4.79 Å². The molecule has 0 fully saturated rings. The number of methoxy groups -OCH3 is 1. The van der Waals surface area contributed by atoms with Gasteiger partial charge in [-0.1, -0.05) is 6.07 Å². The van der Waals surface area contributed by atoms with Crippen LogP contribution in [0.2, 0.25) is 5.28 Å². The number of rotatable bonds is 3. The largest absolute Gasteiger partial charge is 0.465 e. The van der Waals surface area contributed by atoms with E-state index in [0.717, 1.165) is 35.2 Å². The standard InChI is InChI=1S/C17H14ClN3O2S/c1-23-16(22)9-4-2-5-10(8-9)19-14-13-11-6-3-7-12(11)24-15(13)21-17(18)20-14/h2,4-5,8H,3,6-7H2,1H3,(H,19,20,21). The molecular weight excluding hydrogens is 346 g/mol. The third-order valence-electron chi connectivity index (χ3n) is 4.08. The summed E-state index contributed by atoms with van der Waals surface area (Å²) in [5.74, 6) is 0.312. The van der Waals surface area contributed by atoms with E-state index in [4.69, 9.17) is 16.3 Å². The van der Waals surface area contributed by atoms with E-state index < -0.39 is 0 Å².